The van der Waals surface area contributed by atoms with Crippen LogP contribution in [-0.4, -0.2) is 10.1 Å². The molecule has 1 aliphatic carbocycles. The van der Waals surface area contributed by atoms with Gasteiger partial charge in [0.05, 0.1) is 5.54 Å². The zero-order valence-corrected chi connectivity index (χ0v) is 10.9. The van der Waals surface area contributed by atoms with Gasteiger partial charge in [-0.15, -0.1) is 12.4 Å². The molecular weight excluding hydrogens is 226 g/mol. The smallest absolute Gasteiger partial charge is 0.229 e. The molecular formula is C11H20ClN3O. The molecule has 0 bridgehead atoms. The van der Waals surface area contributed by atoms with E-state index in [2.05, 4.69) is 30.9 Å². The van der Waals surface area contributed by atoms with Crippen LogP contribution in [0.1, 0.15) is 57.7 Å². The second kappa shape index (κ2) is 4.72. The van der Waals surface area contributed by atoms with Crippen molar-refractivity contribution in [3.63, 3.8) is 0 Å². The molecule has 0 amide bonds. The lowest BCUT2D eigenvalue weighted by Crippen LogP contribution is -2.44. The standard InChI is InChI=1S/C11H19N3O.ClH/c1-7(2)8(3)9-13-10(14-15-9)11(12)5-4-6-11;/h7-8H,4-6,12H2,1-3H3;1H. The third-order valence-electron chi connectivity index (χ3n) is 3.52. The van der Waals surface area contributed by atoms with Gasteiger partial charge in [-0.3, -0.25) is 0 Å². The van der Waals surface area contributed by atoms with Crippen LogP contribution in [0.5, 0.6) is 0 Å². The Morgan fingerprint density at radius 3 is 2.38 bits per heavy atom. The fourth-order valence-corrected chi connectivity index (χ4v) is 1.69. The molecule has 1 heterocycles. The highest BCUT2D eigenvalue weighted by Crippen LogP contribution is 2.37. The monoisotopic (exact) mass is 245 g/mol. The van der Waals surface area contributed by atoms with Crippen LogP contribution in [-0.2, 0) is 5.54 Å². The van der Waals surface area contributed by atoms with Crippen LogP contribution in [0, 0.1) is 5.92 Å². The third-order valence-corrected chi connectivity index (χ3v) is 3.52. The molecule has 1 atom stereocenters. The fraction of sp³-hybridized carbons (Fsp3) is 0.818. The molecule has 5 heteroatoms. The van der Waals surface area contributed by atoms with Gasteiger partial charge in [-0.25, -0.2) is 0 Å². The Hall–Kier alpha value is -0.610. The number of nitrogens with two attached hydrogens (primary N) is 1. The predicted octanol–water partition coefficient (Wildman–Crippen LogP) is 2.59. The first-order chi connectivity index (χ1) is 7.03. The van der Waals surface area contributed by atoms with Gasteiger partial charge in [-0.05, 0) is 25.2 Å². The van der Waals surface area contributed by atoms with Gasteiger partial charge < -0.3 is 10.3 Å². The molecule has 0 spiro atoms. The fourth-order valence-electron chi connectivity index (χ4n) is 1.69. The summed E-state index contributed by atoms with van der Waals surface area (Å²) in [4.78, 5) is 4.42. The molecule has 0 radical (unpaired) electrons. The maximum atomic E-state index is 6.13. The van der Waals surface area contributed by atoms with Gasteiger partial charge in [0, 0.05) is 5.92 Å². The van der Waals surface area contributed by atoms with Gasteiger partial charge in [0.15, 0.2) is 5.82 Å². The summed E-state index contributed by atoms with van der Waals surface area (Å²) in [6.07, 6.45) is 3.12. The number of hydrogen-bond donors (Lipinski definition) is 1. The average molecular weight is 246 g/mol. The Morgan fingerprint density at radius 2 is 1.94 bits per heavy atom. The third kappa shape index (κ3) is 2.23. The average Bonchev–Trinajstić information content (AvgIpc) is 2.61. The summed E-state index contributed by atoms with van der Waals surface area (Å²) in [5, 5.41) is 4.00. The van der Waals surface area contributed by atoms with Gasteiger partial charge in [0.1, 0.15) is 0 Å². The molecule has 1 saturated carbocycles. The molecule has 2 N–H and O–H groups in total. The minimum Gasteiger partial charge on any atom is -0.339 e. The van der Waals surface area contributed by atoms with Crippen molar-refractivity contribution in [3.8, 4) is 0 Å². The first kappa shape index (κ1) is 13.5. The van der Waals surface area contributed by atoms with Crippen molar-refractivity contribution in [2.45, 2.75) is 51.5 Å². The Labute approximate surface area is 102 Å². The Balaban J connectivity index is 0.00000128. The molecule has 1 aliphatic rings. The van der Waals surface area contributed by atoms with E-state index in [1.807, 2.05) is 0 Å². The van der Waals surface area contributed by atoms with E-state index >= 15 is 0 Å². The van der Waals surface area contributed by atoms with Crippen LogP contribution in [0.3, 0.4) is 0 Å². The molecule has 1 fully saturated rings. The quantitative estimate of drug-likeness (QED) is 0.889. The van der Waals surface area contributed by atoms with Crippen LogP contribution in [0.4, 0.5) is 0 Å². The van der Waals surface area contributed by atoms with E-state index < -0.39 is 0 Å². The van der Waals surface area contributed by atoms with Gasteiger partial charge >= 0.3 is 0 Å². The van der Waals surface area contributed by atoms with E-state index in [0.29, 0.717) is 17.7 Å². The van der Waals surface area contributed by atoms with Gasteiger partial charge in [-0.1, -0.05) is 25.9 Å². The topological polar surface area (TPSA) is 64.9 Å². The van der Waals surface area contributed by atoms with Crippen molar-refractivity contribution >= 4 is 12.4 Å². The Morgan fingerprint density at radius 1 is 1.31 bits per heavy atom. The summed E-state index contributed by atoms with van der Waals surface area (Å²) in [6, 6.07) is 0. The van der Waals surface area contributed by atoms with Crippen LogP contribution < -0.4 is 5.73 Å². The van der Waals surface area contributed by atoms with E-state index in [4.69, 9.17) is 10.3 Å². The largest absolute Gasteiger partial charge is 0.339 e. The molecule has 1 aromatic rings. The molecule has 1 unspecified atom stereocenters. The maximum Gasteiger partial charge on any atom is 0.229 e. The first-order valence-corrected chi connectivity index (χ1v) is 5.66. The summed E-state index contributed by atoms with van der Waals surface area (Å²) in [6.45, 7) is 6.40. The zero-order valence-electron chi connectivity index (χ0n) is 10.1. The lowest BCUT2D eigenvalue weighted by Gasteiger charge is -2.34. The predicted molar refractivity (Wildman–Crippen MR) is 64.5 cm³/mol. The summed E-state index contributed by atoms with van der Waals surface area (Å²) in [5.41, 5.74) is 5.82. The number of halogens is 1. The number of aromatic nitrogens is 2. The summed E-state index contributed by atoms with van der Waals surface area (Å²) >= 11 is 0. The van der Waals surface area contributed by atoms with Crippen molar-refractivity contribution in [3.05, 3.63) is 11.7 Å². The highest BCUT2D eigenvalue weighted by molar-refractivity contribution is 5.85. The Bertz CT molecular complexity index is 347. The van der Waals surface area contributed by atoms with Crippen LogP contribution >= 0.6 is 12.4 Å². The highest BCUT2D eigenvalue weighted by Gasteiger charge is 2.39. The molecule has 92 valence electrons. The van der Waals surface area contributed by atoms with Crippen molar-refractivity contribution in [2.24, 2.45) is 11.7 Å². The minimum atomic E-state index is -0.307. The van der Waals surface area contributed by atoms with Crippen molar-refractivity contribution in [1.82, 2.24) is 10.1 Å². The molecule has 16 heavy (non-hydrogen) atoms. The van der Waals surface area contributed by atoms with Crippen LogP contribution in [0.2, 0.25) is 0 Å². The van der Waals surface area contributed by atoms with E-state index in [0.717, 1.165) is 18.7 Å². The van der Waals surface area contributed by atoms with Gasteiger partial charge in [0.25, 0.3) is 0 Å². The normalized spacial score (nSPS) is 20.1. The van der Waals surface area contributed by atoms with Gasteiger partial charge in [-0.2, -0.15) is 4.98 Å². The minimum absolute atomic E-state index is 0. The summed E-state index contributed by atoms with van der Waals surface area (Å²) in [7, 11) is 0. The highest BCUT2D eigenvalue weighted by atomic mass is 35.5. The molecule has 0 aliphatic heterocycles. The first-order valence-electron chi connectivity index (χ1n) is 5.66. The molecule has 0 saturated heterocycles. The van der Waals surface area contributed by atoms with E-state index in [-0.39, 0.29) is 17.9 Å². The molecule has 4 nitrogen and oxygen atoms in total. The summed E-state index contributed by atoms with van der Waals surface area (Å²) < 4.78 is 5.27. The van der Waals surface area contributed by atoms with Gasteiger partial charge in [0.2, 0.25) is 5.89 Å². The van der Waals surface area contributed by atoms with Crippen molar-refractivity contribution in [1.29, 1.82) is 0 Å². The lowest BCUT2D eigenvalue weighted by atomic mass is 9.77. The SMILES string of the molecule is CC(C)C(C)c1nc(C2(N)CCC2)no1.Cl. The van der Waals surface area contributed by atoms with E-state index in [9.17, 15) is 0 Å². The van der Waals surface area contributed by atoms with E-state index in [1.165, 1.54) is 6.42 Å². The van der Waals surface area contributed by atoms with Crippen molar-refractivity contribution < 1.29 is 4.52 Å². The maximum absolute atomic E-state index is 6.13. The number of nitrogens with zero attached hydrogens (tertiary/aromatic N) is 2. The molecule has 1 aromatic heterocycles. The van der Waals surface area contributed by atoms with Crippen molar-refractivity contribution in [2.75, 3.05) is 0 Å². The van der Waals surface area contributed by atoms with Crippen LogP contribution in [0.15, 0.2) is 4.52 Å². The summed E-state index contributed by atoms with van der Waals surface area (Å²) in [5.74, 6) is 2.22. The molecule has 2 rings (SSSR count). The lowest BCUT2D eigenvalue weighted by molar-refractivity contribution is 0.228. The second-order valence-corrected chi connectivity index (χ2v) is 5.00. The number of hydrogen-bond acceptors (Lipinski definition) is 4. The number of rotatable bonds is 3. The van der Waals surface area contributed by atoms with Crippen LogP contribution in [0.25, 0.3) is 0 Å². The van der Waals surface area contributed by atoms with E-state index in [1.54, 1.807) is 0 Å². The zero-order chi connectivity index (χ0) is 11.1. The Kier molecular flexibility index (Phi) is 3.97. The molecule has 0 aromatic carbocycles. The second-order valence-electron chi connectivity index (χ2n) is 5.00.